The van der Waals surface area contributed by atoms with Crippen molar-refractivity contribution in [3.05, 3.63) is 65.5 Å². The molecule has 0 aliphatic rings. The van der Waals surface area contributed by atoms with Gasteiger partial charge in [0.2, 0.25) is 5.91 Å². The minimum absolute atomic E-state index is 0.0992. The number of carbonyl (C=O) groups is 2. The predicted molar refractivity (Wildman–Crippen MR) is 126 cm³/mol. The zero-order valence-corrected chi connectivity index (χ0v) is 19.0. The SMILES string of the molecule is Cc1nn(C)c2nc(-c3ccco3)cc(C(=O)NCc3cccc(NC(=O)CN(C)C)c3)c12. The van der Waals surface area contributed by atoms with E-state index in [1.807, 2.05) is 45.3 Å². The second kappa shape index (κ2) is 9.25. The van der Waals surface area contributed by atoms with Crippen LogP contribution in [0.1, 0.15) is 21.6 Å². The Kier molecular flexibility index (Phi) is 6.23. The van der Waals surface area contributed by atoms with Crippen LogP contribution in [0.25, 0.3) is 22.5 Å². The molecule has 0 aliphatic carbocycles. The molecule has 2 amide bonds. The highest BCUT2D eigenvalue weighted by Gasteiger charge is 2.20. The number of hydrogen-bond donors (Lipinski definition) is 2. The Hall–Kier alpha value is -3.98. The van der Waals surface area contributed by atoms with Crippen LogP contribution in [0.2, 0.25) is 0 Å². The average Bonchev–Trinajstić information content (AvgIpc) is 3.40. The van der Waals surface area contributed by atoms with E-state index < -0.39 is 0 Å². The number of likely N-dealkylation sites (N-methyl/N-ethyl adjacent to an activating group) is 1. The Bertz CT molecular complexity index is 1310. The maximum absolute atomic E-state index is 13.2. The lowest BCUT2D eigenvalue weighted by Crippen LogP contribution is -2.27. The average molecular weight is 447 g/mol. The lowest BCUT2D eigenvalue weighted by Gasteiger charge is -2.12. The summed E-state index contributed by atoms with van der Waals surface area (Å²) in [6.45, 7) is 2.45. The molecule has 0 atom stereocenters. The molecule has 0 aliphatic heterocycles. The van der Waals surface area contributed by atoms with Gasteiger partial charge in [-0.05, 0) is 56.9 Å². The summed E-state index contributed by atoms with van der Waals surface area (Å²) in [4.78, 5) is 31.7. The van der Waals surface area contributed by atoms with Gasteiger partial charge in [-0.1, -0.05) is 12.1 Å². The molecule has 4 aromatic rings. The smallest absolute Gasteiger partial charge is 0.252 e. The van der Waals surface area contributed by atoms with Crippen LogP contribution in [-0.2, 0) is 18.4 Å². The molecule has 0 spiro atoms. The molecule has 3 heterocycles. The van der Waals surface area contributed by atoms with Gasteiger partial charge < -0.3 is 20.0 Å². The molecule has 33 heavy (non-hydrogen) atoms. The molecule has 1 aromatic carbocycles. The minimum atomic E-state index is -0.242. The molecule has 9 heteroatoms. The summed E-state index contributed by atoms with van der Waals surface area (Å²) in [6.07, 6.45) is 1.57. The van der Waals surface area contributed by atoms with Gasteiger partial charge >= 0.3 is 0 Å². The summed E-state index contributed by atoms with van der Waals surface area (Å²) >= 11 is 0. The van der Waals surface area contributed by atoms with Crippen LogP contribution in [0.4, 0.5) is 5.69 Å². The zero-order chi connectivity index (χ0) is 23.5. The van der Waals surface area contributed by atoms with Gasteiger partial charge in [0.25, 0.3) is 5.91 Å². The van der Waals surface area contributed by atoms with Crippen molar-refractivity contribution in [2.75, 3.05) is 26.0 Å². The molecular formula is C24H26N6O3. The number of rotatable bonds is 7. The highest BCUT2D eigenvalue weighted by molar-refractivity contribution is 6.07. The topological polar surface area (TPSA) is 105 Å². The van der Waals surface area contributed by atoms with Gasteiger partial charge in [-0.2, -0.15) is 5.10 Å². The van der Waals surface area contributed by atoms with E-state index in [4.69, 9.17) is 4.42 Å². The number of aryl methyl sites for hydroxylation is 2. The van der Waals surface area contributed by atoms with Gasteiger partial charge in [0, 0.05) is 19.3 Å². The highest BCUT2D eigenvalue weighted by atomic mass is 16.3. The van der Waals surface area contributed by atoms with Crippen molar-refractivity contribution in [2.45, 2.75) is 13.5 Å². The highest BCUT2D eigenvalue weighted by Crippen LogP contribution is 2.27. The van der Waals surface area contributed by atoms with E-state index in [1.54, 1.807) is 41.1 Å². The number of furan rings is 1. The van der Waals surface area contributed by atoms with E-state index in [2.05, 4.69) is 20.7 Å². The fourth-order valence-electron chi connectivity index (χ4n) is 3.70. The van der Waals surface area contributed by atoms with Crippen LogP contribution in [0.15, 0.2) is 53.1 Å². The van der Waals surface area contributed by atoms with Crippen molar-refractivity contribution in [1.82, 2.24) is 25.0 Å². The Morgan fingerprint density at radius 2 is 1.97 bits per heavy atom. The zero-order valence-electron chi connectivity index (χ0n) is 19.0. The van der Waals surface area contributed by atoms with E-state index in [0.29, 0.717) is 46.8 Å². The number of anilines is 1. The normalized spacial score (nSPS) is 11.2. The van der Waals surface area contributed by atoms with Crippen molar-refractivity contribution >= 4 is 28.5 Å². The van der Waals surface area contributed by atoms with Gasteiger partial charge in [-0.15, -0.1) is 0 Å². The van der Waals surface area contributed by atoms with E-state index in [-0.39, 0.29) is 11.8 Å². The van der Waals surface area contributed by atoms with Crippen LogP contribution >= 0.6 is 0 Å². The Morgan fingerprint density at radius 1 is 1.15 bits per heavy atom. The standard InChI is InChI=1S/C24H26N6O3/c1-15-22-18(12-19(20-9-6-10-33-20)27-23(22)30(4)28-15)24(32)25-13-16-7-5-8-17(11-16)26-21(31)14-29(2)3/h5-12H,13-14H2,1-4H3,(H,25,32)(H,26,31). The van der Waals surface area contributed by atoms with Gasteiger partial charge in [0.1, 0.15) is 5.69 Å². The van der Waals surface area contributed by atoms with E-state index in [0.717, 1.165) is 11.3 Å². The number of aromatic nitrogens is 3. The van der Waals surface area contributed by atoms with Crippen LogP contribution < -0.4 is 10.6 Å². The van der Waals surface area contributed by atoms with Gasteiger partial charge in [-0.3, -0.25) is 14.3 Å². The first-order valence-electron chi connectivity index (χ1n) is 10.5. The fraction of sp³-hybridized carbons (Fsp3) is 0.250. The third-order valence-electron chi connectivity index (χ3n) is 5.11. The third-order valence-corrected chi connectivity index (χ3v) is 5.11. The first kappa shape index (κ1) is 22.2. The lowest BCUT2D eigenvalue weighted by atomic mass is 10.1. The maximum atomic E-state index is 13.2. The largest absolute Gasteiger partial charge is 0.463 e. The van der Waals surface area contributed by atoms with E-state index >= 15 is 0 Å². The molecule has 0 bridgehead atoms. The molecule has 0 unspecified atom stereocenters. The third kappa shape index (κ3) is 4.93. The molecule has 4 rings (SSSR count). The van der Waals surface area contributed by atoms with Gasteiger partial charge in [0.15, 0.2) is 11.4 Å². The van der Waals surface area contributed by atoms with Crippen molar-refractivity contribution in [2.24, 2.45) is 7.05 Å². The number of nitrogens with zero attached hydrogens (tertiary/aromatic N) is 4. The molecule has 0 radical (unpaired) electrons. The fourth-order valence-corrected chi connectivity index (χ4v) is 3.70. The quantitative estimate of drug-likeness (QED) is 0.452. The van der Waals surface area contributed by atoms with Crippen LogP contribution in [-0.4, -0.2) is 52.1 Å². The maximum Gasteiger partial charge on any atom is 0.252 e. The number of fused-ring (bicyclic) bond motifs is 1. The van der Waals surface area contributed by atoms with Gasteiger partial charge in [-0.25, -0.2) is 4.98 Å². The van der Waals surface area contributed by atoms with Crippen LogP contribution in [0.5, 0.6) is 0 Å². The molecule has 0 fully saturated rings. The molecule has 3 aromatic heterocycles. The molecule has 2 N–H and O–H groups in total. The second-order valence-corrected chi connectivity index (χ2v) is 8.11. The second-order valence-electron chi connectivity index (χ2n) is 8.11. The van der Waals surface area contributed by atoms with Crippen LogP contribution in [0, 0.1) is 6.92 Å². The summed E-state index contributed by atoms with van der Waals surface area (Å²) in [5, 5.41) is 11.0. The van der Waals surface area contributed by atoms with Crippen molar-refractivity contribution < 1.29 is 14.0 Å². The van der Waals surface area contributed by atoms with Crippen molar-refractivity contribution in [3.8, 4) is 11.5 Å². The monoisotopic (exact) mass is 446 g/mol. The van der Waals surface area contributed by atoms with Gasteiger partial charge in [0.05, 0.1) is 29.5 Å². The Morgan fingerprint density at radius 3 is 2.70 bits per heavy atom. The molecule has 170 valence electrons. The first-order valence-corrected chi connectivity index (χ1v) is 10.5. The Balaban J connectivity index is 1.56. The number of benzene rings is 1. The number of carbonyl (C=O) groups excluding carboxylic acids is 2. The van der Waals surface area contributed by atoms with E-state index in [1.165, 1.54) is 0 Å². The summed E-state index contributed by atoms with van der Waals surface area (Å²) in [5.41, 5.74) is 3.92. The number of nitrogens with one attached hydrogen (secondary N) is 2. The summed E-state index contributed by atoms with van der Waals surface area (Å²) in [5.74, 6) is 0.234. The minimum Gasteiger partial charge on any atom is -0.463 e. The number of amides is 2. The lowest BCUT2D eigenvalue weighted by molar-refractivity contribution is -0.116. The van der Waals surface area contributed by atoms with Crippen molar-refractivity contribution in [3.63, 3.8) is 0 Å². The molecule has 0 saturated carbocycles. The Labute approximate surface area is 191 Å². The van der Waals surface area contributed by atoms with Crippen LogP contribution in [0.3, 0.4) is 0 Å². The molecule has 9 nitrogen and oxygen atoms in total. The summed E-state index contributed by atoms with van der Waals surface area (Å²) < 4.78 is 7.15. The number of pyridine rings is 1. The summed E-state index contributed by atoms with van der Waals surface area (Å²) in [7, 11) is 5.47. The molecular weight excluding hydrogens is 420 g/mol. The first-order chi connectivity index (χ1) is 15.8. The summed E-state index contributed by atoms with van der Waals surface area (Å²) in [6, 6.07) is 12.7. The van der Waals surface area contributed by atoms with Crippen molar-refractivity contribution in [1.29, 1.82) is 0 Å². The molecule has 0 saturated heterocycles. The number of hydrogen-bond acceptors (Lipinski definition) is 6. The predicted octanol–water partition coefficient (Wildman–Crippen LogP) is 2.97. The van der Waals surface area contributed by atoms with E-state index in [9.17, 15) is 9.59 Å².